The molecule has 26 heavy (non-hydrogen) atoms. The zero-order valence-electron chi connectivity index (χ0n) is 14.3. The second-order valence-electron chi connectivity index (χ2n) is 6.63. The summed E-state index contributed by atoms with van der Waals surface area (Å²) in [5.41, 5.74) is 4.06. The minimum Gasteiger partial charge on any atom is -0.324 e. The molecule has 0 aliphatic carbocycles. The number of amides is 1. The van der Waals surface area contributed by atoms with Gasteiger partial charge in [0.2, 0.25) is 0 Å². The number of carbonyl (C=O) groups is 1. The highest BCUT2D eigenvalue weighted by atomic mass is 35.5. The van der Waals surface area contributed by atoms with Crippen molar-refractivity contribution >= 4 is 29.1 Å². The Morgan fingerprint density at radius 1 is 1.08 bits per heavy atom. The molecule has 1 aliphatic heterocycles. The predicted molar refractivity (Wildman–Crippen MR) is 104 cm³/mol. The van der Waals surface area contributed by atoms with Crippen molar-refractivity contribution < 1.29 is 4.79 Å². The van der Waals surface area contributed by atoms with Gasteiger partial charge in [-0.1, -0.05) is 47.5 Å². The highest BCUT2D eigenvalue weighted by Gasteiger charge is 2.43. The van der Waals surface area contributed by atoms with E-state index < -0.39 is 0 Å². The van der Waals surface area contributed by atoms with Crippen LogP contribution >= 0.6 is 23.2 Å². The van der Waals surface area contributed by atoms with Gasteiger partial charge in [-0.2, -0.15) is 5.10 Å². The van der Waals surface area contributed by atoms with Crippen LogP contribution in [0.5, 0.6) is 0 Å². The van der Waals surface area contributed by atoms with Crippen LogP contribution in [0.1, 0.15) is 41.5 Å². The van der Waals surface area contributed by atoms with E-state index >= 15 is 0 Å². The Bertz CT molecular complexity index is 979. The fourth-order valence-corrected chi connectivity index (χ4v) is 3.85. The van der Waals surface area contributed by atoms with Gasteiger partial charge < -0.3 is 4.90 Å². The van der Waals surface area contributed by atoms with Gasteiger partial charge in [0.05, 0.1) is 11.7 Å². The van der Waals surface area contributed by atoms with Gasteiger partial charge in [0.15, 0.2) is 0 Å². The molecule has 132 valence electrons. The molecule has 0 bridgehead atoms. The van der Waals surface area contributed by atoms with Crippen LogP contribution in [0.4, 0.5) is 0 Å². The van der Waals surface area contributed by atoms with Crippen molar-refractivity contribution in [2.24, 2.45) is 0 Å². The number of rotatable bonds is 3. The molecule has 0 spiro atoms. The van der Waals surface area contributed by atoms with Crippen molar-refractivity contribution in [1.82, 2.24) is 15.1 Å². The summed E-state index contributed by atoms with van der Waals surface area (Å²) in [6.07, 6.45) is 0. The molecule has 3 aromatic rings. The lowest BCUT2D eigenvalue weighted by Crippen LogP contribution is -2.35. The van der Waals surface area contributed by atoms with Crippen LogP contribution in [0, 0.1) is 0 Å². The van der Waals surface area contributed by atoms with Gasteiger partial charge in [0.1, 0.15) is 5.69 Å². The molecule has 6 heteroatoms. The van der Waals surface area contributed by atoms with E-state index in [0.29, 0.717) is 15.7 Å². The van der Waals surface area contributed by atoms with E-state index in [1.54, 1.807) is 0 Å². The number of fused-ring (bicyclic) bond motifs is 1. The normalized spacial score (nSPS) is 16.4. The maximum atomic E-state index is 13.0. The van der Waals surface area contributed by atoms with Crippen LogP contribution in [0.25, 0.3) is 11.3 Å². The van der Waals surface area contributed by atoms with E-state index in [2.05, 4.69) is 10.2 Å². The first-order chi connectivity index (χ1) is 12.5. The average molecular weight is 386 g/mol. The first-order valence-corrected chi connectivity index (χ1v) is 9.15. The van der Waals surface area contributed by atoms with E-state index in [4.69, 9.17) is 23.2 Å². The van der Waals surface area contributed by atoms with Crippen LogP contribution in [0.2, 0.25) is 10.0 Å². The molecule has 0 radical (unpaired) electrons. The smallest absolute Gasteiger partial charge is 0.273 e. The zero-order valence-corrected chi connectivity index (χ0v) is 15.8. The van der Waals surface area contributed by atoms with E-state index in [9.17, 15) is 4.79 Å². The molecule has 1 unspecified atom stereocenters. The molecule has 4 rings (SSSR count). The molecule has 0 saturated heterocycles. The molecular weight excluding hydrogens is 369 g/mol. The number of nitrogens with one attached hydrogen (secondary N) is 1. The lowest BCUT2D eigenvalue weighted by atomic mass is 9.95. The van der Waals surface area contributed by atoms with Crippen molar-refractivity contribution in [3.63, 3.8) is 0 Å². The third-order valence-corrected chi connectivity index (χ3v) is 5.13. The highest BCUT2D eigenvalue weighted by molar-refractivity contribution is 6.31. The van der Waals surface area contributed by atoms with Crippen LogP contribution in [-0.2, 0) is 0 Å². The van der Waals surface area contributed by atoms with Gasteiger partial charge in [-0.05, 0) is 43.7 Å². The minimum absolute atomic E-state index is 0.0327. The lowest BCUT2D eigenvalue weighted by molar-refractivity contribution is 0.0688. The monoisotopic (exact) mass is 385 g/mol. The summed E-state index contributed by atoms with van der Waals surface area (Å²) in [6, 6.07) is 14.9. The Morgan fingerprint density at radius 2 is 1.81 bits per heavy atom. The summed E-state index contributed by atoms with van der Waals surface area (Å²) in [5, 5.41) is 8.67. The van der Waals surface area contributed by atoms with Gasteiger partial charge >= 0.3 is 0 Å². The summed E-state index contributed by atoms with van der Waals surface area (Å²) in [4.78, 5) is 14.9. The lowest BCUT2D eigenvalue weighted by Gasteiger charge is -2.30. The molecule has 2 heterocycles. The third-order valence-electron chi connectivity index (χ3n) is 4.64. The van der Waals surface area contributed by atoms with E-state index in [1.807, 2.05) is 67.3 Å². The van der Waals surface area contributed by atoms with Crippen molar-refractivity contribution in [3.8, 4) is 11.3 Å². The number of aromatic amines is 1. The molecule has 1 amide bonds. The van der Waals surface area contributed by atoms with Gasteiger partial charge in [-0.15, -0.1) is 0 Å². The maximum absolute atomic E-state index is 13.0. The van der Waals surface area contributed by atoms with Gasteiger partial charge in [0.25, 0.3) is 5.91 Å². The molecule has 2 aromatic carbocycles. The summed E-state index contributed by atoms with van der Waals surface area (Å²) in [7, 11) is 0. The fraction of sp³-hybridized carbons (Fsp3) is 0.200. The topological polar surface area (TPSA) is 49.0 Å². The average Bonchev–Trinajstić information content (AvgIpc) is 3.15. The number of H-pyrrole nitrogens is 1. The molecule has 1 N–H and O–H groups in total. The van der Waals surface area contributed by atoms with Gasteiger partial charge in [0, 0.05) is 27.2 Å². The standard InChI is InChI=1S/C20H17Cl2N3O/c1-11(2)25-19(13-4-3-5-15(22)10-13)16-17(23-24-18(16)20(25)26)12-6-8-14(21)9-7-12/h3-11,19H,1-2H3,(H,23,24). The number of halogens is 2. The summed E-state index contributed by atoms with van der Waals surface area (Å²) >= 11 is 12.2. The molecule has 0 fully saturated rings. The third kappa shape index (κ3) is 2.70. The largest absolute Gasteiger partial charge is 0.324 e. The van der Waals surface area contributed by atoms with Crippen molar-refractivity contribution in [1.29, 1.82) is 0 Å². The quantitative estimate of drug-likeness (QED) is 0.661. The first kappa shape index (κ1) is 17.1. The number of aromatic nitrogens is 2. The Balaban J connectivity index is 1.92. The molecular formula is C20H17Cl2N3O. The van der Waals surface area contributed by atoms with Crippen LogP contribution < -0.4 is 0 Å². The van der Waals surface area contributed by atoms with Crippen LogP contribution in [0.15, 0.2) is 48.5 Å². The van der Waals surface area contributed by atoms with Crippen molar-refractivity contribution in [2.45, 2.75) is 25.9 Å². The molecule has 1 aliphatic rings. The highest BCUT2D eigenvalue weighted by Crippen LogP contribution is 2.44. The minimum atomic E-state index is -0.236. The van der Waals surface area contributed by atoms with Crippen LogP contribution in [-0.4, -0.2) is 27.0 Å². The summed E-state index contributed by atoms with van der Waals surface area (Å²) in [5.74, 6) is -0.0484. The predicted octanol–water partition coefficient (Wildman–Crippen LogP) is 5.34. The fourth-order valence-electron chi connectivity index (χ4n) is 3.53. The second-order valence-corrected chi connectivity index (χ2v) is 7.50. The van der Waals surface area contributed by atoms with Crippen LogP contribution in [0.3, 0.4) is 0 Å². The number of carbonyl (C=O) groups excluding carboxylic acids is 1. The Labute approximate surface area is 161 Å². The number of hydrogen-bond donors (Lipinski definition) is 1. The molecule has 1 aromatic heterocycles. The molecule has 0 saturated carbocycles. The van der Waals surface area contributed by atoms with E-state index in [-0.39, 0.29) is 18.0 Å². The Morgan fingerprint density at radius 3 is 2.46 bits per heavy atom. The summed E-state index contributed by atoms with van der Waals surface area (Å²) < 4.78 is 0. The Hall–Kier alpha value is -2.30. The van der Waals surface area contributed by atoms with E-state index in [0.717, 1.165) is 22.4 Å². The summed E-state index contributed by atoms with van der Waals surface area (Å²) in [6.45, 7) is 4.02. The maximum Gasteiger partial charge on any atom is 0.273 e. The Kier molecular flexibility index (Phi) is 4.25. The number of hydrogen-bond acceptors (Lipinski definition) is 2. The number of benzene rings is 2. The van der Waals surface area contributed by atoms with Crippen molar-refractivity contribution in [2.75, 3.05) is 0 Å². The molecule has 1 atom stereocenters. The van der Waals surface area contributed by atoms with Gasteiger partial charge in [-0.3, -0.25) is 9.89 Å². The van der Waals surface area contributed by atoms with E-state index in [1.165, 1.54) is 0 Å². The first-order valence-electron chi connectivity index (χ1n) is 8.39. The van der Waals surface area contributed by atoms with Crippen molar-refractivity contribution in [3.05, 3.63) is 75.4 Å². The van der Waals surface area contributed by atoms with Gasteiger partial charge in [-0.25, -0.2) is 0 Å². The second kappa shape index (κ2) is 6.45. The zero-order chi connectivity index (χ0) is 18.4. The number of nitrogens with zero attached hydrogens (tertiary/aromatic N) is 2. The SMILES string of the molecule is CC(C)N1C(=O)c2[nH]nc(-c3ccc(Cl)cc3)c2C1c1cccc(Cl)c1. The molecule has 4 nitrogen and oxygen atoms in total.